The van der Waals surface area contributed by atoms with E-state index in [9.17, 15) is 4.79 Å². The van der Waals surface area contributed by atoms with Crippen LogP contribution in [0.1, 0.15) is 35.7 Å². The van der Waals surface area contributed by atoms with Crippen molar-refractivity contribution in [3.63, 3.8) is 0 Å². The highest BCUT2D eigenvalue weighted by Gasteiger charge is 2.49. The van der Waals surface area contributed by atoms with E-state index in [0.29, 0.717) is 15.8 Å². The molecule has 0 spiro atoms. The summed E-state index contributed by atoms with van der Waals surface area (Å²) in [5.41, 5.74) is 1.47. The number of carbonyl (C=O) groups is 1. The number of amides is 1. The van der Waals surface area contributed by atoms with Gasteiger partial charge in [-0.3, -0.25) is 4.79 Å². The first-order valence-electron chi connectivity index (χ1n) is 7.98. The first kappa shape index (κ1) is 18.6. The fourth-order valence-electron chi connectivity index (χ4n) is 3.24. The van der Waals surface area contributed by atoms with E-state index in [0.717, 1.165) is 17.3 Å². The monoisotopic (exact) mass is 441 g/mol. The Morgan fingerprint density at radius 2 is 1.76 bits per heavy atom. The molecule has 1 unspecified atom stereocenters. The molecule has 1 amide bonds. The first-order valence-corrected chi connectivity index (χ1v) is 9.53. The number of benzene rings is 2. The summed E-state index contributed by atoms with van der Waals surface area (Å²) >= 11 is 15.8. The van der Waals surface area contributed by atoms with Crippen molar-refractivity contribution in [1.29, 1.82) is 0 Å². The van der Waals surface area contributed by atoms with Crippen LogP contribution in [0.15, 0.2) is 40.9 Å². The Bertz CT molecular complexity index is 804. The molecule has 1 atom stereocenters. The second-order valence-electron chi connectivity index (χ2n) is 6.30. The van der Waals surface area contributed by atoms with Crippen LogP contribution in [0.3, 0.4) is 0 Å². The zero-order chi connectivity index (χ0) is 18.2. The third-order valence-electron chi connectivity index (χ3n) is 4.87. The second-order valence-corrected chi connectivity index (χ2v) is 8.03. The highest BCUT2D eigenvalue weighted by molar-refractivity contribution is 9.10. The molecular weight excluding hydrogens is 425 g/mol. The van der Waals surface area contributed by atoms with Gasteiger partial charge in [0.2, 0.25) is 0 Å². The molecular formula is C19H18BrCl2NO2. The highest BCUT2D eigenvalue weighted by atomic mass is 79.9. The number of rotatable bonds is 5. The summed E-state index contributed by atoms with van der Waals surface area (Å²) in [6.45, 7) is 2.03. The molecule has 1 aliphatic carbocycles. The van der Waals surface area contributed by atoms with Crippen molar-refractivity contribution in [3.8, 4) is 5.75 Å². The maximum atomic E-state index is 12.8. The van der Waals surface area contributed by atoms with E-state index in [2.05, 4.69) is 33.4 Å². The summed E-state index contributed by atoms with van der Waals surface area (Å²) in [5.74, 6) is 0.0209. The van der Waals surface area contributed by atoms with Gasteiger partial charge in [-0.2, -0.15) is 0 Å². The van der Waals surface area contributed by atoms with E-state index in [1.807, 2.05) is 19.1 Å². The van der Waals surface area contributed by atoms with Crippen LogP contribution < -0.4 is 10.1 Å². The third-order valence-corrected chi connectivity index (χ3v) is 6.02. The molecule has 0 radical (unpaired) electrons. The SMILES string of the molecule is COc1c(Cl)ccc(Cl)c1C(=O)NC(C)C1(c2ccc(Br)cc2)CC1. The van der Waals surface area contributed by atoms with E-state index >= 15 is 0 Å². The average molecular weight is 443 g/mol. The van der Waals surface area contributed by atoms with Gasteiger partial charge in [0.1, 0.15) is 5.56 Å². The molecule has 6 heteroatoms. The summed E-state index contributed by atoms with van der Waals surface area (Å²) in [5, 5.41) is 3.76. The Balaban J connectivity index is 1.84. The number of carbonyl (C=O) groups excluding carboxylic acids is 1. The maximum absolute atomic E-state index is 12.8. The van der Waals surface area contributed by atoms with Crippen molar-refractivity contribution in [3.05, 3.63) is 62.0 Å². The molecule has 2 aromatic rings. The van der Waals surface area contributed by atoms with Gasteiger partial charge in [0.25, 0.3) is 5.91 Å². The normalized spacial score (nSPS) is 16.2. The minimum absolute atomic E-state index is 0.0331. The van der Waals surface area contributed by atoms with Gasteiger partial charge >= 0.3 is 0 Å². The van der Waals surface area contributed by atoms with Crippen LogP contribution in [0.5, 0.6) is 5.75 Å². The lowest BCUT2D eigenvalue weighted by Crippen LogP contribution is -2.41. The van der Waals surface area contributed by atoms with Crippen molar-refractivity contribution < 1.29 is 9.53 Å². The molecule has 3 nitrogen and oxygen atoms in total. The lowest BCUT2D eigenvalue weighted by Gasteiger charge is -2.26. The van der Waals surface area contributed by atoms with E-state index in [4.69, 9.17) is 27.9 Å². The molecule has 1 N–H and O–H groups in total. The van der Waals surface area contributed by atoms with Gasteiger partial charge in [-0.25, -0.2) is 0 Å². The Labute approximate surface area is 165 Å². The van der Waals surface area contributed by atoms with Crippen LogP contribution in [0.25, 0.3) is 0 Å². The van der Waals surface area contributed by atoms with Crippen LogP contribution in [0.4, 0.5) is 0 Å². The number of hydrogen-bond donors (Lipinski definition) is 1. The molecule has 0 saturated heterocycles. The first-order chi connectivity index (χ1) is 11.9. The van der Waals surface area contributed by atoms with Crippen molar-refractivity contribution in [2.75, 3.05) is 7.11 Å². The zero-order valence-electron chi connectivity index (χ0n) is 13.9. The molecule has 0 aliphatic heterocycles. The number of halogens is 3. The smallest absolute Gasteiger partial charge is 0.256 e. The predicted molar refractivity (Wildman–Crippen MR) is 105 cm³/mol. The number of methoxy groups -OCH3 is 1. The summed E-state index contributed by atoms with van der Waals surface area (Å²) in [7, 11) is 1.47. The van der Waals surface area contributed by atoms with Crippen LogP contribution in [-0.4, -0.2) is 19.1 Å². The van der Waals surface area contributed by atoms with Crippen molar-refractivity contribution in [1.82, 2.24) is 5.32 Å². The van der Waals surface area contributed by atoms with Crippen LogP contribution in [0.2, 0.25) is 10.0 Å². The number of ether oxygens (including phenoxy) is 1. The van der Waals surface area contributed by atoms with Gasteiger partial charge in [-0.05, 0) is 49.6 Å². The molecule has 0 aromatic heterocycles. The van der Waals surface area contributed by atoms with E-state index in [1.165, 1.54) is 12.7 Å². The number of hydrogen-bond acceptors (Lipinski definition) is 2. The molecule has 0 heterocycles. The second kappa shape index (κ2) is 7.18. The molecule has 1 aliphatic rings. The quantitative estimate of drug-likeness (QED) is 0.652. The predicted octanol–water partition coefficient (Wildman–Crippen LogP) is 5.61. The number of nitrogens with one attached hydrogen (secondary N) is 1. The minimum Gasteiger partial charge on any atom is -0.494 e. The van der Waals surface area contributed by atoms with Gasteiger partial charge in [-0.15, -0.1) is 0 Å². The van der Waals surface area contributed by atoms with Crippen molar-refractivity contribution in [2.45, 2.75) is 31.2 Å². The molecule has 1 fully saturated rings. The van der Waals surface area contributed by atoms with Gasteiger partial charge < -0.3 is 10.1 Å². The van der Waals surface area contributed by atoms with Crippen LogP contribution >= 0.6 is 39.1 Å². The largest absolute Gasteiger partial charge is 0.494 e. The minimum atomic E-state index is -0.278. The fourth-order valence-corrected chi connectivity index (χ4v) is 3.97. The fraction of sp³-hybridized carbons (Fsp3) is 0.316. The lowest BCUT2D eigenvalue weighted by atomic mass is 9.89. The van der Waals surface area contributed by atoms with Crippen LogP contribution in [0, 0.1) is 0 Å². The van der Waals surface area contributed by atoms with E-state index in [1.54, 1.807) is 12.1 Å². The van der Waals surface area contributed by atoms with E-state index in [-0.39, 0.29) is 22.9 Å². The van der Waals surface area contributed by atoms with Gasteiger partial charge in [0, 0.05) is 15.9 Å². The molecule has 3 rings (SSSR count). The molecule has 0 bridgehead atoms. The zero-order valence-corrected chi connectivity index (χ0v) is 17.0. The van der Waals surface area contributed by atoms with Gasteiger partial charge in [0.15, 0.2) is 5.75 Å². The summed E-state index contributed by atoms with van der Waals surface area (Å²) < 4.78 is 6.32. The van der Waals surface area contributed by atoms with Gasteiger partial charge in [0.05, 0.1) is 17.2 Å². The third kappa shape index (κ3) is 3.53. The molecule has 132 valence electrons. The van der Waals surface area contributed by atoms with Gasteiger partial charge in [-0.1, -0.05) is 51.3 Å². The average Bonchev–Trinajstić information content (AvgIpc) is 3.39. The lowest BCUT2D eigenvalue weighted by molar-refractivity contribution is 0.0929. The Hall–Kier alpha value is -1.23. The molecule has 25 heavy (non-hydrogen) atoms. The topological polar surface area (TPSA) is 38.3 Å². The Kier molecular flexibility index (Phi) is 5.33. The standard InChI is InChI=1S/C19H18BrCl2NO2/c1-11(19(9-10-19)12-3-5-13(20)6-4-12)23-18(24)16-14(21)7-8-15(22)17(16)25-2/h3-8,11H,9-10H2,1-2H3,(H,23,24). The summed E-state index contributed by atoms with van der Waals surface area (Å²) in [4.78, 5) is 12.8. The van der Waals surface area contributed by atoms with E-state index < -0.39 is 0 Å². The summed E-state index contributed by atoms with van der Waals surface area (Å²) in [6.07, 6.45) is 2.08. The maximum Gasteiger partial charge on any atom is 0.256 e. The van der Waals surface area contributed by atoms with Crippen LogP contribution in [-0.2, 0) is 5.41 Å². The Morgan fingerprint density at radius 3 is 2.32 bits per heavy atom. The van der Waals surface area contributed by atoms with Crippen molar-refractivity contribution >= 4 is 45.0 Å². The molecule has 2 aromatic carbocycles. The highest BCUT2D eigenvalue weighted by Crippen LogP contribution is 2.51. The van der Waals surface area contributed by atoms with Crippen molar-refractivity contribution in [2.24, 2.45) is 0 Å². The molecule has 1 saturated carbocycles. The summed E-state index contributed by atoms with van der Waals surface area (Å²) in [6, 6.07) is 11.4. The Morgan fingerprint density at radius 1 is 1.16 bits per heavy atom.